The molecule has 0 radical (unpaired) electrons. The van der Waals surface area contributed by atoms with Crippen molar-refractivity contribution >= 4 is 5.78 Å². The Bertz CT molecular complexity index is 323. The van der Waals surface area contributed by atoms with Crippen molar-refractivity contribution < 1.29 is 4.79 Å². The van der Waals surface area contributed by atoms with E-state index in [0.717, 1.165) is 19.3 Å². The minimum Gasteiger partial charge on any atom is -0.295 e. The molecule has 2 nitrogen and oxygen atoms in total. The summed E-state index contributed by atoms with van der Waals surface area (Å²) in [7, 11) is 0. The molecule has 0 aromatic rings. The van der Waals surface area contributed by atoms with Gasteiger partial charge in [0, 0.05) is 11.8 Å². The second-order valence-corrected chi connectivity index (χ2v) is 4.27. The highest BCUT2D eigenvalue weighted by molar-refractivity contribution is 5.91. The summed E-state index contributed by atoms with van der Waals surface area (Å²) in [6.45, 7) is 2.13. The SMILES string of the molecule is C[C@]12CCC(=O)C=C1CC[C@H]2C#N. The zero-order chi connectivity index (χ0) is 9.47. The molecule has 0 unspecified atom stereocenters. The van der Waals surface area contributed by atoms with Crippen molar-refractivity contribution in [2.45, 2.75) is 32.6 Å². The Hall–Kier alpha value is -1.10. The molecule has 0 spiro atoms. The number of allylic oxidation sites excluding steroid dienone is 2. The summed E-state index contributed by atoms with van der Waals surface area (Å²) in [4.78, 5) is 11.2. The molecule has 0 saturated heterocycles. The Labute approximate surface area is 78.2 Å². The Morgan fingerprint density at radius 1 is 1.62 bits per heavy atom. The second-order valence-electron chi connectivity index (χ2n) is 4.27. The van der Waals surface area contributed by atoms with Crippen LogP contribution >= 0.6 is 0 Å². The first-order chi connectivity index (χ1) is 6.16. The van der Waals surface area contributed by atoms with Crippen molar-refractivity contribution in [2.24, 2.45) is 11.3 Å². The molecule has 2 aliphatic rings. The molecule has 1 fully saturated rings. The standard InChI is InChI=1S/C11H13NO/c1-11-5-4-10(13)6-8(11)2-3-9(11)7-12/h6,9H,2-5H2,1H3/t9-,11-/m0/s1. The fourth-order valence-electron chi connectivity index (χ4n) is 2.56. The van der Waals surface area contributed by atoms with Crippen LogP contribution in [0.1, 0.15) is 32.6 Å². The monoisotopic (exact) mass is 175 g/mol. The van der Waals surface area contributed by atoms with Gasteiger partial charge in [0.2, 0.25) is 0 Å². The summed E-state index contributed by atoms with van der Waals surface area (Å²) < 4.78 is 0. The molecule has 0 bridgehead atoms. The lowest BCUT2D eigenvalue weighted by Crippen LogP contribution is -2.27. The predicted octanol–water partition coefficient (Wildman–Crippen LogP) is 2.22. The lowest BCUT2D eigenvalue weighted by atomic mass is 9.71. The Morgan fingerprint density at radius 2 is 2.38 bits per heavy atom. The quantitative estimate of drug-likeness (QED) is 0.566. The number of fused-ring (bicyclic) bond motifs is 1. The average Bonchev–Trinajstić information content (AvgIpc) is 2.42. The van der Waals surface area contributed by atoms with Gasteiger partial charge in [-0.05, 0) is 25.3 Å². The molecular weight excluding hydrogens is 162 g/mol. The number of rotatable bonds is 0. The van der Waals surface area contributed by atoms with Crippen molar-refractivity contribution in [3.8, 4) is 6.07 Å². The highest BCUT2D eigenvalue weighted by atomic mass is 16.1. The summed E-state index contributed by atoms with van der Waals surface area (Å²) >= 11 is 0. The molecule has 2 rings (SSSR count). The molecule has 0 aliphatic heterocycles. The minimum absolute atomic E-state index is 0.0165. The van der Waals surface area contributed by atoms with Gasteiger partial charge in [0.15, 0.2) is 5.78 Å². The number of hydrogen-bond acceptors (Lipinski definition) is 2. The van der Waals surface area contributed by atoms with E-state index in [2.05, 4.69) is 13.0 Å². The van der Waals surface area contributed by atoms with Crippen LogP contribution < -0.4 is 0 Å². The van der Waals surface area contributed by atoms with Crippen LogP contribution in [0.25, 0.3) is 0 Å². The van der Waals surface area contributed by atoms with Crippen molar-refractivity contribution in [3.05, 3.63) is 11.6 Å². The van der Waals surface area contributed by atoms with Gasteiger partial charge in [-0.2, -0.15) is 5.26 Å². The van der Waals surface area contributed by atoms with E-state index in [-0.39, 0.29) is 17.1 Å². The van der Waals surface area contributed by atoms with Crippen molar-refractivity contribution in [3.63, 3.8) is 0 Å². The van der Waals surface area contributed by atoms with Crippen LogP contribution in [0.15, 0.2) is 11.6 Å². The molecular formula is C11H13NO. The van der Waals surface area contributed by atoms with Gasteiger partial charge in [0.1, 0.15) is 0 Å². The lowest BCUT2D eigenvalue weighted by molar-refractivity contribution is -0.115. The highest BCUT2D eigenvalue weighted by Crippen LogP contribution is 2.51. The first-order valence-electron chi connectivity index (χ1n) is 4.80. The normalized spacial score (nSPS) is 38.0. The van der Waals surface area contributed by atoms with E-state index in [1.54, 1.807) is 6.08 Å². The summed E-state index contributed by atoms with van der Waals surface area (Å²) in [6.07, 6.45) is 5.15. The number of ketones is 1. The van der Waals surface area contributed by atoms with Gasteiger partial charge in [-0.25, -0.2) is 0 Å². The van der Waals surface area contributed by atoms with E-state index >= 15 is 0 Å². The fourth-order valence-corrected chi connectivity index (χ4v) is 2.56. The van der Waals surface area contributed by atoms with Crippen LogP contribution in [0.3, 0.4) is 0 Å². The molecule has 0 aromatic carbocycles. The number of nitriles is 1. The molecule has 0 amide bonds. The average molecular weight is 175 g/mol. The van der Waals surface area contributed by atoms with E-state index in [9.17, 15) is 4.79 Å². The molecule has 2 aliphatic carbocycles. The van der Waals surface area contributed by atoms with Gasteiger partial charge in [0.25, 0.3) is 0 Å². The number of carbonyl (C=O) groups excluding carboxylic acids is 1. The topological polar surface area (TPSA) is 40.9 Å². The summed E-state index contributed by atoms with van der Waals surface area (Å²) in [5.74, 6) is 0.373. The maximum Gasteiger partial charge on any atom is 0.155 e. The molecule has 0 heterocycles. The van der Waals surface area contributed by atoms with Crippen LogP contribution in [0.2, 0.25) is 0 Å². The van der Waals surface area contributed by atoms with Crippen molar-refractivity contribution in [1.29, 1.82) is 5.26 Å². The maximum atomic E-state index is 11.2. The summed E-state index contributed by atoms with van der Waals surface area (Å²) in [6, 6.07) is 2.37. The molecule has 0 aromatic heterocycles. The van der Waals surface area contributed by atoms with Crippen LogP contribution in [-0.4, -0.2) is 5.78 Å². The van der Waals surface area contributed by atoms with Crippen LogP contribution in [0.4, 0.5) is 0 Å². The Balaban J connectivity index is 2.39. The lowest BCUT2D eigenvalue weighted by Gasteiger charge is -2.31. The van der Waals surface area contributed by atoms with Gasteiger partial charge in [0.05, 0.1) is 12.0 Å². The van der Waals surface area contributed by atoms with Crippen LogP contribution in [-0.2, 0) is 4.79 Å². The zero-order valence-electron chi connectivity index (χ0n) is 7.84. The van der Waals surface area contributed by atoms with Crippen molar-refractivity contribution in [2.75, 3.05) is 0 Å². The van der Waals surface area contributed by atoms with E-state index in [1.807, 2.05) is 0 Å². The molecule has 1 saturated carbocycles. The number of nitrogens with zero attached hydrogens (tertiary/aromatic N) is 1. The van der Waals surface area contributed by atoms with E-state index in [0.29, 0.717) is 6.42 Å². The predicted molar refractivity (Wildman–Crippen MR) is 48.8 cm³/mol. The molecule has 68 valence electrons. The number of carbonyl (C=O) groups is 1. The third kappa shape index (κ3) is 1.11. The van der Waals surface area contributed by atoms with Crippen LogP contribution in [0.5, 0.6) is 0 Å². The van der Waals surface area contributed by atoms with Gasteiger partial charge in [-0.15, -0.1) is 0 Å². The van der Waals surface area contributed by atoms with E-state index < -0.39 is 0 Å². The fraction of sp³-hybridized carbons (Fsp3) is 0.636. The summed E-state index contributed by atoms with van der Waals surface area (Å²) in [5.41, 5.74) is 1.23. The zero-order valence-corrected chi connectivity index (χ0v) is 7.84. The number of hydrogen-bond donors (Lipinski definition) is 0. The minimum atomic E-state index is 0.0165. The summed E-state index contributed by atoms with van der Waals surface area (Å²) in [5, 5.41) is 8.97. The Morgan fingerprint density at radius 3 is 3.08 bits per heavy atom. The van der Waals surface area contributed by atoms with Gasteiger partial charge >= 0.3 is 0 Å². The van der Waals surface area contributed by atoms with Crippen molar-refractivity contribution in [1.82, 2.24) is 0 Å². The van der Waals surface area contributed by atoms with Gasteiger partial charge < -0.3 is 0 Å². The third-order valence-electron chi connectivity index (χ3n) is 3.59. The second kappa shape index (κ2) is 2.70. The molecule has 2 atom stereocenters. The molecule has 2 heteroatoms. The molecule has 0 N–H and O–H groups in total. The van der Waals surface area contributed by atoms with Crippen LogP contribution in [0, 0.1) is 22.7 Å². The Kier molecular flexibility index (Phi) is 1.76. The first kappa shape index (κ1) is 8.50. The van der Waals surface area contributed by atoms with E-state index in [1.165, 1.54) is 5.57 Å². The van der Waals surface area contributed by atoms with Gasteiger partial charge in [-0.3, -0.25) is 4.79 Å². The van der Waals surface area contributed by atoms with Gasteiger partial charge in [-0.1, -0.05) is 12.5 Å². The highest BCUT2D eigenvalue weighted by Gasteiger charge is 2.44. The smallest absolute Gasteiger partial charge is 0.155 e. The largest absolute Gasteiger partial charge is 0.295 e. The first-order valence-corrected chi connectivity index (χ1v) is 4.80. The molecule has 13 heavy (non-hydrogen) atoms. The third-order valence-corrected chi connectivity index (χ3v) is 3.59. The maximum absolute atomic E-state index is 11.2. The van der Waals surface area contributed by atoms with E-state index in [4.69, 9.17) is 5.26 Å².